The zero-order valence-corrected chi connectivity index (χ0v) is 24.5. The largest absolute Gasteiger partial charge is 1.00 e. The Hall–Kier alpha value is -3.13. The van der Waals surface area contributed by atoms with Crippen LogP contribution in [0.5, 0.6) is 0 Å². The monoisotopic (exact) mass is 555 g/mol. The zero-order valence-electron chi connectivity index (χ0n) is 20.9. The van der Waals surface area contributed by atoms with Crippen LogP contribution in [-0.4, -0.2) is 30.5 Å². The third-order valence-corrected chi connectivity index (χ3v) is 7.15. The van der Waals surface area contributed by atoms with Crippen LogP contribution in [0.2, 0.25) is 5.02 Å². The maximum atomic E-state index is 12.2. The second-order valence-corrected chi connectivity index (χ2v) is 10.2. The molecule has 38 heavy (non-hydrogen) atoms. The molecule has 0 saturated carbocycles. The molecule has 0 aliphatic carbocycles. The van der Waals surface area contributed by atoms with Crippen LogP contribution in [-0.2, 0) is 22.9 Å². The predicted molar refractivity (Wildman–Crippen MR) is 142 cm³/mol. The Bertz CT molecular complexity index is 1550. The molecule has 188 valence electrons. The van der Waals surface area contributed by atoms with Crippen molar-refractivity contribution >= 4 is 27.7 Å². The van der Waals surface area contributed by atoms with E-state index >= 15 is 0 Å². The first-order valence-corrected chi connectivity index (χ1v) is 13.3. The van der Waals surface area contributed by atoms with Gasteiger partial charge in [0.25, 0.3) is 0 Å². The van der Waals surface area contributed by atoms with Gasteiger partial charge in [0.15, 0.2) is 6.03 Å². The Morgan fingerprint density at radius 1 is 1.05 bits per heavy atom. The van der Waals surface area contributed by atoms with E-state index in [9.17, 15) is 13.2 Å². The Morgan fingerprint density at radius 3 is 2.32 bits per heavy atom. The van der Waals surface area contributed by atoms with E-state index in [1.54, 1.807) is 12.1 Å². The molecular weight excluding hydrogens is 533 g/mol. The van der Waals surface area contributed by atoms with E-state index in [1.165, 1.54) is 24.3 Å². The minimum absolute atomic E-state index is 0. The summed E-state index contributed by atoms with van der Waals surface area (Å²) in [6.45, 7) is 2.27. The SMILES string of the molecule is CCc1nc(-c2ccc(C#N)cc2)cn1-c1ccc(CCNC(=O)[N-]S(=O)(=O)c2ccc(Cl)cc2)cc1.[Na+]. The summed E-state index contributed by atoms with van der Waals surface area (Å²) in [6.07, 6.45) is 3.22. The van der Waals surface area contributed by atoms with Crippen LogP contribution >= 0.6 is 11.6 Å². The number of nitriles is 1. The molecule has 8 nitrogen and oxygen atoms in total. The summed E-state index contributed by atoms with van der Waals surface area (Å²) in [5, 5.41) is 11.9. The van der Waals surface area contributed by atoms with Crippen LogP contribution in [0.3, 0.4) is 0 Å². The molecule has 1 N–H and O–H groups in total. The van der Waals surface area contributed by atoms with Crippen LogP contribution in [0, 0.1) is 11.3 Å². The molecule has 2 amide bonds. The molecule has 0 bridgehead atoms. The quantitative estimate of drug-likeness (QED) is 0.335. The number of imidazole rings is 1. The average Bonchev–Trinajstić information content (AvgIpc) is 3.34. The summed E-state index contributed by atoms with van der Waals surface area (Å²) >= 11 is 5.77. The number of sulfonamides is 1. The maximum Gasteiger partial charge on any atom is 1.00 e. The van der Waals surface area contributed by atoms with Gasteiger partial charge >= 0.3 is 29.6 Å². The Labute approximate surface area is 249 Å². The molecule has 3 aromatic carbocycles. The molecule has 4 aromatic rings. The first-order valence-electron chi connectivity index (χ1n) is 11.5. The van der Waals surface area contributed by atoms with Crippen LogP contribution in [0.4, 0.5) is 4.79 Å². The summed E-state index contributed by atoms with van der Waals surface area (Å²) < 4.78 is 29.8. The molecule has 0 unspecified atom stereocenters. The smallest absolute Gasteiger partial charge is 0.448 e. The Balaban J connectivity index is 0.00000400. The summed E-state index contributed by atoms with van der Waals surface area (Å²) in [4.78, 5) is 16.7. The zero-order chi connectivity index (χ0) is 26.4. The van der Waals surface area contributed by atoms with Gasteiger partial charge in [-0.15, -0.1) is 0 Å². The summed E-state index contributed by atoms with van der Waals surface area (Å²) in [5.41, 5.74) is 4.27. The number of hydrogen-bond acceptors (Lipinski definition) is 5. The van der Waals surface area contributed by atoms with E-state index < -0.39 is 16.1 Å². The third-order valence-electron chi connectivity index (χ3n) is 5.62. The van der Waals surface area contributed by atoms with Gasteiger partial charge in [-0.2, -0.15) is 5.26 Å². The van der Waals surface area contributed by atoms with Crippen LogP contribution < -0.4 is 34.9 Å². The number of rotatable bonds is 8. The molecule has 0 aliphatic heterocycles. The first-order chi connectivity index (χ1) is 17.8. The number of carbonyl (C=O) groups is 1. The van der Waals surface area contributed by atoms with Crippen molar-refractivity contribution in [1.29, 1.82) is 5.26 Å². The van der Waals surface area contributed by atoms with Crippen molar-refractivity contribution < 1.29 is 42.8 Å². The number of hydrogen-bond donors (Lipinski definition) is 1. The van der Waals surface area contributed by atoms with Crippen molar-refractivity contribution in [1.82, 2.24) is 14.9 Å². The van der Waals surface area contributed by atoms with E-state index in [4.69, 9.17) is 21.8 Å². The van der Waals surface area contributed by atoms with Gasteiger partial charge < -0.3 is 14.6 Å². The Kier molecular flexibility index (Phi) is 10.1. The fraction of sp³-hybridized carbons (Fsp3) is 0.148. The van der Waals surface area contributed by atoms with Crippen molar-refractivity contribution in [3.63, 3.8) is 0 Å². The summed E-state index contributed by atoms with van der Waals surface area (Å²) in [6, 6.07) is 21.8. The van der Waals surface area contributed by atoms with Crippen LogP contribution in [0.25, 0.3) is 21.7 Å². The second kappa shape index (κ2) is 13.1. The van der Waals surface area contributed by atoms with Gasteiger partial charge in [0.1, 0.15) is 5.82 Å². The number of benzene rings is 3. The van der Waals surface area contributed by atoms with Gasteiger partial charge in [-0.05, 0) is 67.1 Å². The van der Waals surface area contributed by atoms with Gasteiger partial charge in [-0.3, -0.25) is 4.79 Å². The number of nitrogens with one attached hydrogen (secondary N) is 1. The molecule has 0 spiro atoms. The molecule has 0 aliphatic rings. The standard InChI is InChI=1S/C27H24ClN5O3S.Na/c1-2-26-31-25(21-7-3-20(17-29)4-8-21)18-33(26)23-11-5-19(6-12-23)15-16-30-27(34)32-37(35,36)24-13-9-22(28)10-14-24;/h3-14,18H,2,15-16H2,1H3,(H2,30,32,34);/q;+1/p-1. The number of aromatic nitrogens is 2. The maximum absolute atomic E-state index is 12.2. The van der Waals surface area contributed by atoms with Crippen molar-refractivity contribution in [2.24, 2.45) is 0 Å². The average molecular weight is 556 g/mol. The molecular formula is C27H23ClN5NaO3S. The van der Waals surface area contributed by atoms with Gasteiger partial charge in [0.05, 0.1) is 22.2 Å². The number of nitrogens with zero attached hydrogens (tertiary/aromatic N) is 4. The summed E-state index contributed by atoms with van der Waals surface area (Å²) in [7, 11) is -4.10. The van der Waals surface area contributed by atoms with Crippen molar-refractivity contribution in [2.75, 3.05) is 6.54 Å². The van der Waals surface area contributed by atoms with E-state index in [0.717, 1.165) is 34.8 Å². The summed E-state index contributed by atoms with van der Waals surface area (Å²) in [5.74, 6) is 0.905. The van der Waals surface area contributed by atoms with Crippen molar-refractivity contribution in [3.05, 3.63) is 106 Å². The van der Waals surface area contributed by atoms with Crippen LogP contribution in [0.1, 0.15) is 23.9 Å². The number of aryl methyl sites for hydroxylation is 1. The number of urea groups is 1. The number of halogens is 1. The van der Waals surface area contributed by atoms with E-state index in [0.29, 0.717) is 17.0 Å². The van der Waals surface area contributed by atoms with Crippen molar-refractivity contribution in [2.45, 2.75) is 24.7 Å². The predicted octanol–water partition coefficient (Wildman–Crippen LogP) is 2.65. The normalized spacial score (nSPS) is 10.8. The molecule has 4 rings (SSSR count). The Morgan fingerprint density at radius 2 is 1.71 bits per heavy atom. The second-order valence-electron chi connectivity index (χ2n) is 8.12. The van der Waals surface area contributed by atoms with E-state index in [2.05, 4.69) is 16.1 Å². The van der Waals surface area contributed by atoms with Gasteiger partial charge in [-0.1, -0.05) is 42.8 Å². The van der Waals surface area contributed by atoms with E-state index in [1.807, 2.05) is 54.1 Å². The molecule has 0 saturated heterocycles. The molecule has 1 heterocycles. The fourth-order valence-corrected chi connectivity index (χ4v) is 4.68. The van der Waals surface area contributed by atoms with E-state index in [-0.39, 0.29) is 41.0 Å². The number of amides is 2. The van der Waals surface area contributed by atoms with Gasteiger partial charge in [0, 0.05) is 28.9 Å². The number of carbonyl (C=O) groups excluding carboxylic acids is 1. The van der Waals surface area contributed by atoms with Crippen molar-refractivity contribution in [3.8, 4) is 23.0 Å². The van der Waals surface area contributed by atoms with Crippen LogP contribution in [0.15, 0.2) is 83.9 Å². The topological polar surface area (TPSA) is 119 Å². The molecule has 0 atom stereocenters. The first kappa shape index (κ1) is 29.4. The van der Waals surface area contributed by atoms with Gasteiger partial charge in [0.2, 0.25) is 10.0 Å². The molecule has 11 heteroatoms. The third kappa shape index (κ3) is 7.25. The molecule has 0 radical (unpaired) electrons. The molecule has 0 fully saturated rings. The fourth-order valence-electron chi connectivity index (χ4n) is 3.68. The minimum Gasteiger partial charge on any atom is -0.448 e. The minimum atomic E-state index is -4.10. The molecule has 1 aromatic heterocycles. The van der Waals surface area contributed by atoms with Gasteiger partial charge in [-0.25, -0.2) is 13.4 Å².